The number of nitrogens with one attached hydrogen (secondary N) is 1. The summed E-state index contributed by atoms with van der Waals surface area (Å²) in [5, 5.41) is 2.77. The zero-order valence-electron chi connectivity index (χ0n) is 22.2. The molecule has 1 aromatic heterocycles. The number of methoxy groups -OCH3 is 1. The number of carbonyl (C=O) groups excluding carboxylic acids is 3. The van der Waals surface area contributed by atoms with E-state index in [-0.39, 0.29) is 23.3 Å². The molecule has 3 aliphatic rings. The number of ether oxygens (including phenoxy) is 4. The quantitative estimate of drug-likeness (QED) is 0.486. The first-order valence-corrected chi connectivity index (χ1v) is 13.7. The lowest BCUT2D eigenvalue weighted by Crippen LogP contribution is -2.44. The van der Waals surface area contributed by atoms with E-state index in [4.69, 9.17) is 18.9 Å². The number of hydrogen-bond donors (Lipinski definition) is 1. The average Bonchev–Trinajstić information content (AvgIpc) is 3.54. The van der Waals surface area contributed by atoms with Crippen LogP contribution in [0, 0.1) is 17.8 Å². The highest BCUT2D eigenvalue weighted by molar-refractivity contribution is 5.98. The third-order valence-electron chi connectivity index (χ3n) is 7.77. The Labute approximate surface area is 219 Å². The van der Waals surface area contributed by atoms with Gasteiger partial charge in [0, 0.05) is 25.8 Å². The molecule has 0 aromatic carbocycles. The lowest BCUT2D eigenvalue weighted by atomic mass is 9.83. The van der Waals surface area contributed by atoms with Gasteiger partial charge in [-0.25, -0.2) is 9.78 Å². The van der Waals surface area contributed by atoms with Crippen LogP contribution in [-0.2, 0) is 19.1 Å². The largest absolute Gasteiger partial charge is 0.493 e. The first-order chi connectivity index (χ1) is 17.9. The molecule has 1 amide bonds. The van der Waals surface area contributed by atoms with Crippen LogP contribution in [-0.4, -0.2) is 54.8 Å². The zero-order chi connectivity index (χ0) is 26.4. The lowest BCUT2D eigenvalue weighted by molar-refractivity contribution is -0.161. The second-order valence-electron chi connectivity index (χ2n) is 10.8. The molecule has 1 N–H and O–H groups in total. The Kier molecular flexibility index (Phi) is 9.40. The van der Waals surface area contributed by atoms with E-state index < -0.39 is 30.0 Å². The zero-order valence-corrected chi connectivity index (χ0v) is 22.2. The molecule has 0 unspecified atom stereocenters. The van der Waals surface area contributed by atoms with E-state index in [1.807, 2.05) is 6.92 Å². The molecule has 1 saturated heterocycles. The SMILES string of the molecule is COc1ccnc(C(=O)N[C@H]2CCC[C@H](CC3CCCC3)[C@@H](OCC3CC3)[C@H](C)OC2=O)c1OC(C)=O. The number of hydrogen-bond acceptors (Lipinski definition) is 8. The Balaban J connectivity index is 1.48. The van der Waals surface area contributed by atoms with Crippen molar-refractivity contribution in [1.82, 2.24) is 10.3 Å². The Morgan fingerprint density at radius 1 is 1.08 bits per heavy atom. The van der Waals surface area contributed by atoms with E-state index in [0.29, 0.717) is 30.8 Å². The lowest BCUT2D eigenvalue weighted by Gasteiger charge is -2.32. The van der Waals surface area contributed by atoms with Crippen LogP contribution in [0.3, 0.4) is 0 Å². The smallest absolute Gasteiger partial charge is 0.329 e. The Bertz CT molecular complexity index is 958. The first-order valence-electron chi connectivity index (χ1n) is 13.7. The van der Waals surface area contributed by atoms with E-state index in [1.54, 1.807) is 0 Å². The van der Waals surface area contributed by atoms with Gasteiger partial charge in [-0.15, -0.1) is 0 Å². The molecule has 3 fully saturated rings. The molecule has 0 radical (unpaired) electrons. The third kappa shape index (κ3) is 7.43. The minimum atomic E-state index is -0.845. The van der Waals surface area contributed by atoms with E-state index in [9.17, 15) is 14.4 Å². The minimum Gasteiger partial charge on any atom is -0.493 e. The molecule has 2 heterocycles. The van der Waals surface area contributed by atoms with Gasteiger partial charge in [-0.05, 0) is 56.8 Å². The molecule has 1 aromatic rings. The molecule has 0 spiro atoms. The van der Waals surface area contributed by atoms with Crippen LogP contribution < -0.4 is 14.8 Å². The summed E-state index contributed by atoms with van der Waals surface area (Å²) >= 11 is 0. The van der Waals surface area contributed by atoms with Crippen LogP contribution in [0.4, 0.5) is 0 Å². The van der Waals surface area contributed by atoms with Crippen molar-refractivity contribution < 1.29 is 33.3 Å². The van der Waals surface area contributed by atoms with Crippen molar-refractivity contribution in [3.05, 3.63) is 18.0 Å². The van der Waals surface area contributed by atoms with Crippen molar-refractivity contribution >= 4 is 17.8 Å². The highest BCUT2D eigenvalue weighted by Gasteiger charge is 2.38. The highest BCUT2D eigenvalue weighted by atomic mass is 16.6. The first kappa shape index (κ1) is 27.4. The van der Waals surface area contributed by atoms with Gasteiger partial charge in [-0.3, -0.25) is 9.59 Å². The van der Waals surface area contributed by atoms with Crippen molar-refractivity contribution in [3.63, 3.8) is 0 Å². The molecule has 4 rings (SSSR count). The molecular weight excluding hydrogens is 476 g/mol. The predicted octanol–water partition coefficient (Wildman–Crippen LogP) is 4.22. The molecule has 9 nitrogen and oxygen atoms in total. The van der Waals surface area contributed by atoms with Gasteiger partial charge in [0.1, 0.15) is 12.1 Å². The Hall–Kier alpha value is -2.68. The summed E-state index contributed by atoms with van der Waals surface area (Å²) in [4.78, 5) is 42.1. The van der Waals surface area contributed by atoms with Gasteiger partial charge in [0.15, 0.2) is 11.4 Å². The number of carbonyl (C=O) groups is 3. The van der Waals surface area contributed by atoms with E-state index >= 15 is 0 Å². The number of esters is 2. The maximum absolute atomic E-state index is 13.2. The van der Waals surface area contributed by atoms with Gasteiger partial charge in [0.05, 0.1) is 13.2 Å². The minimum absolute atomic E-state index is 0.0787. The van der Waals surface area contributed by atoms with Crippen molar-refractivity contribution in [3.8, 4) is 11.5 Å². The molecule has 2 aliphatic carbocycles. The van der Waals surface area contributed by atoms with E-state index in [2.05, 4.69) is 10.3 Å². The van der Waals surface area contributed by atoms with Crippen molar-refractivity contribution in [2.75, 3.05) is 13.7 Å². The van der Waals surface area contributed by atoms with Gasteiger partial charge in [0.25, 0.3) is 5.91 Å². The number of nitrogens with zero attached hydrogens (tertiary/aromatic N) is 1. The summed E-state index contributed by atoms with van der Waals surface area (Å²) in [6, 6.07) is 0.652. The second kappa shape index (κ2) is 12.7. The van der Waals surface area contributed by atoms with Crippen LogP contribution in [0.5, 0.6) is 11.5 Å². The van der Waals surface area contributed by atoms with Gasteiger partial charge < -0.3 is 24.3 Å². The molecular formula is C28H40N2O7. The maximum Gasteiger partial charge on any atom is 0.329 e. The van der Waals surface area contributed by atoms with Crippen LogP contribution >= 0.6 is 0 Å². The predicted molar refractivity (Wildman–Crippen MR) is 135 cm³/mol. The summed E-state index contributed by atoms with van der Waals surface area (Å²) in [5.74, 6) is 0.0338. The van der Waals surface area contributed by atoms with Crippen LogP contribution in [0.2, 0.25) is 0 Å². The van der Waals surface area contributed by atoms with Gasteiger partial charge in [0.2, 0.25) is 5.75 Å². The Morgan fingerprint density at radius 2 is 1.84 bits per heavy atom. The number of pyridine rings is 1. The number of rotatable bonds is 9. The molecule has 4 atom stereocenters. The molecule has 37 heavy (non-hydrogen) atoms. The van der Waals surface area contributed by atoms with Crippen molar-refractivity contribution in [2.45, 2.75) is 96.3 Å². The van der Waals surface area contributed by atoms with Crippen LogP contribution in [0.25, 0.3) is 0 Å². The highest BCUT2D eigenvalue weighted by Crippen LogP contribution is 2.37. The van der Waals surface area contributed by atoms with Gasteiger partial charge >= 0.3 is 11.9 Å². The fraction of sp³-hybridized carbons (Fsp3) is 0.714. The monoisotopic (exact) mass is 516 g/mol. The summed E-state index contributed by atoms with van der Waals surface area (Å²) in [5.41, 5.74) is -0.125. The van der Waals surface area contributed by atoms with E-state index in [0.717, 1.165) is 19.3 Å². The van der Waals surface area contributed by atoms with E-state index in [1.165, 1.54) is 64.8 Å². The molecule has 2 saturated carbocycles. The summed E-state index contributed by atoms with van der Waals surface area (Å²) < 4.78 is 22.8. The number of amides is 1. The summed E-state index contributed by atoms with van der Waals surface area (Å²) in [7, 11) is 1.41. The molecule has 0 bridgehead atoms. The number of cyclic esters (lactones) is 1. The van der Waals surface area contributed by atoms with Crippen LogP contribution in [0.1, 0.15) is 88.5 Å². The fourth-order valence-electron chi connectivity index (χ4n) is 5.66. The maximum atomic E-state index is 13.2. The molecule has 1 aliphatic heterocycles. The standard InChI is InChI=1S/C28H40N2O7/c1-17-25(35-16-20-11-12-20)21(15-19-7-4-5-8-19)9-6-10-22(28(33)36-17)30-27(32)24-26(37-18(2)31)23(34-3)13-14-29-24/h13-14,17,19-22,25H,4-12,15-16H2,1-3H3,(H,30,32)/t17-,21+,22-,25-/m0/s1. The Morgan fingerprint density at radius 3 is 2.51 bits per heavy atom. The topological polar surface area (TPSA) is 113 Å². The molecule has 9 heteroatoms. The van der Waals surface area contributed by atoms with Gasteiger partial charge in [-0.1, -0.05) is 32.1 Å². The number of aromatic nitrogens is 1. The molecule has 204 valence electrons. The summed E-state index contributed by atoms with van der Waals surface area (Å²) in [6.45, 7) is 3.85. The third-order valence-corrected chi connectivity index (χ3v) is 7.77. The summed E-state index contributed by atoms with van der Waals surface area (Å²) in [6.07, 6.45) is 11.5. The van der Waals surface area contributed by atoms with Crippen LogP contribution in [0.15, 0.2) is 12.3 Å². The second-order valence-corrected chi connectivity index (χ2v) is 10.8. The van der Waals surface area contributed by atoms with Crippen molar-refractivity contribution in [1.29, 1.82) is 0 Å². The normalized spacial score (nSPS) is 26.9. The fourth-order valence-corrected chi connectivity index (χ4v) is 5.66. The van der Waals surface area contributed by atoms with Gasteiger partial charge in [-0.2, -0.15) is 0 Å². The van der Waals surface area contributed by atoms with Crippen molar-refractivity contribution in [2.24, 2.45) is 17.8 Å². The average molecular weight is 517 g/mol.